The summed E-state index contributed by atoms with van der Waals surface area (Å²) in [4.78, 5) is 15.1. The maximum Gasteiger partial charge on any atom is 0.255 e. The molecular formula is C21H19ClN6O. The summed E-state index contributed by atoms with van der Waals surface area (Å²) in [5.74, 6) is 0.0307. The quantitative estimate of drug-likeness (QED) is 0.521. The van der Waals surface area contributed by atoms with E-state index in [1.165, 1.54) is 0 Å². The van der Waals surface area contributed by atoms with Crippen LogP contribution in [-0.4, -0.2) is 35.6 Å². The van der Waals surface area contributed by atoms with Gasteiger partial charge in [0.15, 0.2) is 0 Å². The first-order valence-corrected chi connectivity index (χ1v) is 9.75. The molecule has 2 aromatic heterocycles. The van der Waals surface area contributed by atoms with Crippen LogP contribution >= 0.6 is 11.6 Å². The molecule has 0 saturated heterocycles. The number of benzene rings is 2. The summed E-state index contributed by atoms with van der Waals surface area (Å²) in [6.07, 6.45) is 2.25. The number of carbonyl (C=O) groups is 1. The summed E-state index contributed by atoms with van der Waals surface area (Å²) >= 11 is 6.36. The lowest BCUT2D eigenvalue weighted by Gasteiger charge is -2.26. The largest absolute Gasteiger partial charge is 0.327 e. The number of nitrogens with zero attached hydrogens (tertiary/aromatic N) is 6. The Morgan fingerprint density at radius 3 is 2.72 bits per heavy atom. The van der Waals surface area contributed by atoms with Crippen molar-refractivity contribution in [3.05, 3.63) is 76.1 Å². The predicted molar refractivity (Wildman–Crippen MR) is 109 cm³/mol. The number of rotatable bonds is 4. The highest BCUT2D eigenvalue weighted by atomic mass is 35.5. The normalized spacial score (nSPS) is 16.0. The molecule has 5 rings (SSSR count). The van der Waals surface area contributed by atoms with Gasteiger partial charge in [0.25, 0.3) is 5.91 Å². The highest BCUT2D eigenvalue weighted by Gasteiger charge is 2.37. The van der Waals surface area contributed by atoms with Crippen LogP contribution in [0.3, 0.4) is 0 Å². The number of amides is 1. The Hall–Kier alpha value is -3.19. The van der Waals surface area contributed by atoms with Gasteiger partial charge in [0.1, 0.15) is 5.52 Å². The van der Waals surface area contributed by atoms with Crippen LogP contribution < -0.4 is 0 Å². The standard InChI is InChI=1S/C21H19ClN6O/c1-26-20(16(22)11-23-26)10-19-14-5-3-4-6-15(14)21(29)28(19)12-13-7-8-18-17(9-13)24-25-27(18)2/h3-9,11,19H,10,12H2,1-2H3. The fraction of sp³-hybridized carbons (Fsp3) is 0.238. The molecule has 8 heteroatoms. The fourth-order valence-electron chi connectivity index (χ4n) is 4.08. The van der Waals surface area contributed by atoms with Gasteiger partial charge in [0.05, 0.1) is 28.5 Å². The number of halogens is 1. The maximum atomic E-state index is 13.2. The number of hydrogen-bond acceptors (Lipinski definition) is 4. The fourth-order valence-corrected chi connectivity index (χ4v) is 4.32. The summed E-state index contributed by atoms with van der Waals surface area (Å²) in [6.45, 7) is 0.486. The van der Waals surface area contributed by atoms with Crippen molar-refractivity contribution in [3.8, 4) is 0 Å². The molecule has 1 amide bonds. The van der Waals surface area contributed by atoms with E-state index in [4.69, 9.17) is 11.6 Å². The third kappa shape index (κ3) is 2.89. The lowest BCUT2D eigenvalue weighted by atomic mass is 10.0. The molecule has 2 aromatic carbocycles. The van der Waals surface area contributed by atoms with Crippen molar-refractivity contribution in [3.63, 3.8) is 0 Å². The summed E-state index contributed by atoms with van der Waals surface area (Å²) < 4.78 is 3.51. The van der Waals surface area contributed by atoms with E-state index in [0.29, 0.717) is 18.0 Å². The average Bonchev–Trinajstić information content (AvgIpc) is 3.34. The summed E-state index contributed by atoms with van der Waals surface area (Å²) in [7, 11) is 3.74. The Kier molecular flexibility index (Phi) is 4.13. The van der Waals surface area contributed by atoms with Gasteiger partial charge in [-0.2, -0.15) is 5.10 Å². The number of aromatic nitrogens is 5. The number of hydrogen-bond donors (Lipinski definition) is 0. The topological polar surface area (TPSA) is 68.8 Å². The van der Waals surface area contributed by atoms with Crippen molar-refractivity contribution >= 4 is 28.5 Å². The second kappa shape index (κ2) is 6.70. The Morgan fingerprint density at radius 2 is 1.93 bits per heavy atom. The molecule has 4 aromatic rings. The van der Waals surface area contributed by atoms with Gasteiger partial charge in [0, 0.05) is 32.6 Å². The summed E-state index contributed by atoms with van der Waals surface area (Å²) in [5, 5.41) is 13.1. The predicted octanol–water partition coefficient (Wildman–Crippen LogP) is 3.30. The van der Waals surface area contributed by atoms with Gasteiger partial charge in [-0.25, -0.2) is 4.68 Å². The van der Waals surface area contributed by atoms with Crippen LogP contribution in [0.4, 0.5) is 0 Å². The van der Waals surface area contributed by atoms with Gasteiger partial charge < -0.3 is 4.90 Å². The van der Waals surface area contributed by atoms with Crippen LogP contribution in [-0.2, 0) is 27.1 Å². The van der Waals surface area contributed by atoms with Gasteiger partial charge in [-0.1, -0.05) is 41.1 Å². The van der Waals surface area contributed by atoms with Crippen LogP contribution in [0, 0.1) is 0 Å². The number of fused-ring (bicyclic) bond motifs is 2. The third-order valence-corrected chi connectivity index (χ3v) is 5.93. The first-order chi connectivity index (χ1) is 14.0. The summed E-state index contributed by atoms with van der Waals surface area (Å²) in [6, 6.07) is 13.7. The molecule has 0 N–H and O–H groups in total. The molecule has 29 heavy (non-hydrogen) atoms. The molecule has 0 aliphatic carbocycles. The molecule has 1 aliphatic rings. The highest BCUT2D eigenvalue weighted by molar-refractivity contribution is 6.31. The highest BCUT2D eigenvalue weighted by Crippen LogP contribution is 2.38. The zero-order chi connectivity index (χ0) is 20.1. The van der Waals surface area contributed by atoms with Crippen molar-refractivity contribution < 1.29 is 4.79 Å². The zero-order valence-corrected chi connectivity index (χ0v) is 16.8. The van der Waals surface area contributed by atoms with Crippen LogP contribution in [0.15, 0.2) is 48.7 Å². The van der Waals surface area contributed by atoms with E-state index < -0.39 is 0 Å². The van der Waals surface area contributed by atoms with Crippen molar-refractivity contribution in [2.45, 2.75) is 19.0 Å². The molecule has 0 bridgehead atoms. The van der Waals surface area contributed by atoms with E-state index in [-0.39, 0.29) is 11.9 Å². The third-order valence-electron chi connectivity index (χ3n) is 5.61. The van der Waals surface area contributed by atoms with Gasteiger partial charge in [-0.15, -0.1) is 5.10 Å². The number of aryl methyl sites for hydroxylation is 2. The molecule has 1 unspecified atom stereocenters. The van der Waals surface area contributed by atoms with E-state index in [2.05, 4.69) is 15.4 Å². The van der Waals surface area contributed by atoms with E-state index in [9.17, 15) is 4.79 Å². The second-order valence-electron chi connectivity index (χ2n) is 7.34. The van der Waals surface area contributed by atoms with Crippen molar-refractivity contribution in [1.82, 2.24) is 29.7 Å². The first-order valence-electron chi connectivity index (χ1n) is 9.37. The lowest BCUT2D eigenvalue weighted by molar-refractivity contribution is 0.0708. The van der Waals surface area contributed by atoms with Crippen molar-refractivity contribution in [1.29, 1.82) is 0 Å². The van der Waals surface area contributed by atoms with Gasteiger partial charge >= 0.3 is 0 Å². The van der Waals surface area contributed by atoms with Crippen LogP contribution in [0.1, 0.15) is 33.2 Å². The zero-order valence-electron chi connectivity index (χ0n) is 16.1. The minimum absolute atomic E-state index is 0.0307. The molecule has 7 nitrogen and oxygen atoms in total. The second-order valence-corrected chi connectivity index (χ2v) is 7.75. The average molecular weight is 407 g/mol. The molecule has 0 fully saturated rings. The smallest absolute Gasteiger partial charge is 0.255 e. The minimum atomic E-state index is -0.107. The molecule has 1 aliphatic heterocycles. The first kappa shape index (κ1) is 17.9. The molecular weight excluding hydrogens is 388 g/mol. The molecule has 0 spiro atoms. The Balaban J connectivity index is 1.53. The molecule has 0 saturated carbocycles. The lowest BCUT2D eigenvalue weighted by Crippen LogP contribution is -2.29. The molecule has 3 heterocycles. The van der Waals surface area contributed by atoms with E-state index in [1.54, 1.807) is 15.6 Å². The Morgan fingerprint density at radius 1 is 1.10 bits per heavy atom. The Labute approximate surface area is 172 Å². The SMILES string of the molecule is Cn1ncc(Cl)c1CC1c2ccccc2C(=O)N1Cc1ccc2c(c1)nnn2C. The van der Waals surface area contributed by atoms with Crippen LogP contribution in [0.25, 0.3) is 11.0 Å². The van der Waals surface area contributed by atoms with Gasteiger partial charge in [-0.3, -0.25) is 9.48 Å². The monoisotopic (exact) mass is 406 g/mol. The van der Waals surface area contributed by atoms with Crippen LogP contribution in [0.5, 0.6) is 0 Å². The van der Waals surface area contributed by atoms with Gasteiger partial charge in [-0.05, 0) is 29.3 Å². The van der Waals surface area contributed by atoms with Crippen molar-refractivity contribution in [2.24, 2.45) is 14.1 Å². The Bertz CT molecular complexity index is 1220. The van der Waals surface area contributed by atoms with E-state index >= 15 is 0 Å². The summed E-state index contributed by atoms with van der Waals surface area (Å²) in [5.41, 5.74) is 5.48. The minimum Gasteiger partial charge on any atom is -0.327 e. The van der Waals surface area contributed by atoms with Crippen LogP contribution in [0.2, 0.25) is 5.02 Å². The molecule has 0 radical (unpaired) electrons. The van der Waals surface area contributed by atoms with E-state index in [0.717, 1.165) is 33.4 Å². The van der Waals surface area contributed by atoms with Gasteiger partial charge in [0.2, 0.25) is 0 Å². The van der Waals surface area contributed by atoms with Crippen molar-refractivity contribution in [2.75, 3.05) is 0 Å². The molecule has 1 atom stereocenters. The van der Waals surface area contributed by atoms with E-state index in [1.807, 2.05) is 61.5 Å². The number of carbonyl (C=O) groups excluding carboxylic acids is 1. The maximum absolute atomic E-state index is 13.2. The molecule has 146 valence electrons.